The highest BCUT2D eigenvalue weighted by Gasteiger charge is 2.30. The molecule has 1 aliphatic heterocycles. The molecule has 1 amide bonds. The fourth-order valence-electron chi connectivity index (χ4n) is 4.12. The molecule has 0 spiro atoms. The van der Waals surface area contributed by atoms with Crippen LogP contribution in [0.15, 0.2) is 30.3 Å². The average molecular weight is 349 g/mol. The first-order chi connectivity index (χ1) is 11.6. The molecule has 3 rings (SSSR count). The molecule has 1 atom stereocenters. The SMILES string of the molecule is O=C(NCC(c1ccccc1)C1CCCC1)C1CCS(=O)(=O)CC1. The van der Waals surface area contributed by atoms with Crippen LogP contribution in [0.25, 0.3) is 0 Å². The molecular weight excluding hydrogens is 322 g/mol. The van der Waals surface area contributed by atoms with Crippen molar-refractivity contribution in [2.75, 3.05) is 18.1 Å². The first-order valence-electron chi connectivity index (χ1n) is 9.08. The Morgan fingerprint density at radius 2 is 1.67 bits per heavy atom. The van der Waals surface area contributed by atoms with Gasteiger partial charge in [-0.25, -0.2) is 8.42 Å². The maximum atomic E-state index is 12.5. The highest BCUT2D eigenvalue weighted by molar-refractivity contribution is 7.91. The number of hydrogen-bond donors (Lipinski definition) is 1. The number of carbonyl (C=O) groups excluding carboxylic acids is 1. The fraction of sp³-hybridized carbons (Fsp3) is 0.632. The van der Waals surface area contributed by atoms with Gasteiger partial charge in [0.2, 0.25) is 5.91 Å². The van der Waals surface area contributed by atoms with Gasteiger partial charge in [0, 0.05) is 18.4 Å². The summed E-state index contributed by atoms with van der Waals surface area (Å²) in [6.45, 7) is 0.663. The predicted octanol–water partition coefficient (Wildman–Crippen LogP) is 2.90. The van der Waals surface area contributed by atoms with Crippen LogP contribution in [-0.4, -0.2) is 32.4 Å². The van der Waals surface area contributed by atoms with E-state index in [1.54, 1.807) is 0 Å². The van der Waals surface area contributed by atoms with E-state index in [1.165, 1.54) is 31.2 Å². The third-order valence-corrected chi connectivity index (χ3v) is 7.33. The first-order valence-corrected chi connectivity index (χ1v) is 10.9. The molecule has 132 valence electrons. The van der Waals surface area contributed by atoms with Gasteiger partial charge in [-0.2, -0.15) is 0 Å². The Morgan fingerprint density at radius 3 is 2.29 bits per heavy atom. The lowest BCUT2D eigenvalue weighted by Gasteiger charge is -2.26. The van der Waals surface area contributed by atoms with Crippen molar-refractivity contribution < 1.29 is 13.2 Å². The Labute approximate surface area is 145 Å². The van der Waals surface area contributed by atoms with Crippen molar-refractivity contribution in [1.29, 1.82) is 0 Å². The highest BCUT2D eigenvalue weighted by Crippen LogP contribution is 2.37. The Balaban J connectivity index is 1.60. The zero-order valence-electron chi connectivity index (χ0n) is 14.1. The van der Waals surface area contributed by atoms with Crippen LogP contribution < -0.4 is 5.32 Å². The molecule has 1 aromatic carbocycles. The van der Waals surface area contributed by atoms with Crippen molar-refractivity contribution in [1.82, 2.24) is 5.32 Å². The molecular formula is C19H27NO3S. The minimum absolute atomic E-state index is 0.0313. The van der Waals surface area contributed by atoms with Gasteiger partial charge in [-0.05, 0) is 37.2 Å². The molecule has 1 aliphatic carbocycles. The molecule has 5 heteroatoms. The normalized spacial score (nSPS) is 23.0. The minimum Gasteiger partial charge on any atom is -0.355 e. The summed E-state index contributed by atoms with van der Waals surface area (Å²) >= 11 is 0. The highest BCUT2D eigenvalue weighted by atomic mass is 32.2. The molecule has 1 unspecified atom stereocenters. The van der Waals surface area contributed by atoms with E-state index >= 15 is 0 Å². The maximum Gasteiger partial charge on any atom is 0.223 e. The summed E-state index contributed by atoms with van der Waals surface area (Å²) in [7, 11) is -2.92. The molecule has 1 heterocycles. The van der Waals surface area contributed by atoms with Crippen LogP contribution >= 0.6 is 0 Å². The predicted molar refractivity (Wildman–Crippen MR) is 95.5 cm³/mol. The van der Waals surface area contributed by atoms with Crippen LogP contribution in [0.3, 0.4) is 0 Å². The van der Waals surface area contributed by atoms with Gasteiger partial charge in [-0.3, -0.25) is 4.79 Å². The Morgan fingerprint density at radius 1 is 1.04 bits per heavy atom. The average Bonchev–Trinajstić information content (AvgIpc) is 3.10. The topological polar surface area (TPSA) is 63.2 Å². The third kappa shape index (κ3) is 4.38. The molecule has 24 heavy (non-hydrogen) atoms. The van der Waals surface area contributed by atoms with Gasteiger partial charge in [0.05, 0.1) is 11.5 Å². The monoisotopic (exact) mass is 349 g/mol. The van der Waals surface area contributed by atoms with E-state index in [0.717, 1.165) is 0 Å². The lowest BCUT2D eigenvalue weighted by molar-refractivity contribution is -0.125. The van der Waals surface area contributed by atoms with Crippen molar-refractivity contribution in [3.63, 3.8) is 0 Å². The van der Waals surface area contributed by atoms with Gasteiger partial charge in [-0.1, -0.05) is 43.2 Å². The Bertz CT molecular complexity index is 636. The first kappa shape index (κ1) is 17.5. The number of amides is 1. The van der Waals surface area contributed by atoms with E-state index in [9.17, 15) is 13.2 Å². The Kier molecular flexibility index (Phi) is 5.59. The van der Waals surface area contributed by atoms with E-state index in [-0.39, 0.29) is 23.3 Å². The van der Waals surface area contributed by atoms with E-state index in [0.29, 0.717) is 31.2 Å². The second-order valence-electron chi connectivity index (χ2n) is 7.23. The summed E-state index contributed by atoms with van der Waals surface area (Å²) < 4.78 is 23.0. The molecule has 0 radical (unpaired) electrons. The van der Waals surface area contributed by atoms with Crippen molar-refractivity contribution in [2.45, 2.75) is 44.4 Å². The summed E-state index contributed by atoms with van der Waals surface area (Å²) in [5.41, 5.74) is 1.30. The van der Waals surface area contributed by atoms with Gasteiger partial charge < -0.3 is 5.32 Å². The smallest absolute Gasteiger partial charge is 0.223 e. The number of carbonyl (C=O) groups is 1. The lowest BCUT2D eigenvalue weighted by Crippen LogP contribution is -2.38. The zero-order valence-corrected chi connectivity index (χ0v) is 14.9. The van der Waals surface area contributed by atoms with Crippen LogP contribution in [0.5, 0.6) is 0 Å². The van der Waals surface area contributed by atoms with E-state index in [1.807, 2.05) is 6.07 Å². The number of hydrogen-bond acceptors (Lipinski definition) is 3. The van der Waals surface area contributed by atoms with Crippen LogP contribution in [0, 0.1) is 11.8 Å². The molecule has 1 saturated heterocycles. The van der Waals surface area contributed by atoms with Gasteiger partial charge in [-0.15, -0.1) is 0 Å². The largest absolute Gasteiger partial charge is 0.355 e. The molecule has 1 aromatic rings. The summed E-state index contributed by atoms with van der Waals surface area (Å²) in [5, 5.41) is 3.12. The molecule has 4 nitrogen and oxygen atoms in total. The number of sulfone groups is 1. The van der Waals surface area contributed by atoms with E-state index in [2.05, 4.69) is 29.6 Å². The Hall–Kier alpha value is -1.36. The van der Waals surface area contributed by atoms with Crippen LogP contribution in [-0.2, 0) is 14.6 Å². The molecule has 0 bridgehead atoms. The van der Waals surface area contributed by atoms with Crippen molar-refractivity contribution in [3.8, 4) is 0 Å². The van der Waals surface area contributed by atoms with Gasteiger partial charge in [0.15, 0.2) is 0 Å². The van der Waals surface area contributed by atoms with Crippen LogP contribution in [0.2, 0.25) is 0 Å². The second kappa shape index (κ2) is 7.68. The molecule has 1 N–H and O–H groups in total. The van der Waals surface area contributed by atoms with E-state index < -0.39 is 9.84 Å². The zero-order chi connectivity index (χ0) is 17.0. The summed E-state index contributed by atoms with van der Waals surface area (Å²) in [5.74, 6) is 1.19. The second-order valence-corrected chi connectivity index (χ2v) is 9.54. The molecule has 2 aliphatic rings. The minimum atomic E-state index is -2.92. The number of nitrogens with one attached hydrogen (secondary N) is 1. The van der Waals surface area contributed by atoms with E-state index in [4.69, 9.17) is 0 Å². The number of benzene rings is 1. The van der Waals surface area contributed by atoms with Gasteiger partial charge in [0.1, 0.15) is 9.84 Å². The van der Waals surface area contributed by atoms with Crippen molar-refractivity contribution >= 4 is 15.7 Å². The quantitative estimate of drug-likeness (QED) is 0.889. The standard InChI is InChI=1S/C19H27NO3S/c21-19(17-10-12-24(22,23)13-11-17)20-14-18(16-8-4-5-9-16)15-6-2-1-3-7-15/h1-3,6-7,16-18H,4-5,8-14H2,(H,20,21). The van der Waals surface area contributed by atoms with Gasteiger partial charge >= 0.3 is 0 Å². The molecule has 0 aromatic heterocycles. The summed E-state index contributed by atoms with van der Waals surface area (Å²) in [6, 6.07) is 10.5. The number of rotatable bonds is 5. The molecule has 2 fully saturated rings. The summed E-state index contributed by atoms with van der Waals surface area (Å²) in [4.78, 5) is 12.5. The van der Waals surface area contributed by atoms with Crippen LogP contribution in [0.4, 0.5) is 0 Å². The summed E-state index contributed by atoms with van der Waals surface area (Å²) in [6.07, 6.45) is 5.96. The lowest BCUT2D eigenvalue weighted by atomic mass is 9.84. The fourth-order valence-corrected chi connectivity index (χ4v) is 5.62. The van der Waals surface area contributed by atoms with Crippen molar-refractivity contribution in [3.05, 3.63) is 35.9 Å². The maximum absolute atomic E-state index is 12.5. The molecule has 1 saturated carbocycles. The van der Waals surface area contributed by atoms with Gasteiger partial charge in [0.25, 0.3) is 0 Å². The van der Waals surface area contributed by atoms with Crippen molar-refractivity contribution in [2.24, 2.45) is 11.8 Å². The van der Waals surface area contributed by atoms with Crippen LogP contribution in [0.1, 0.15) is 50.0 Å². The third-order valence-electron chi connectivity index (χ3n) is 5.62.